The second-order valence-electron chi connectivity index (χ2n) is 5.78. The Morgan fingerprint density at radius 3 is 2.61 bits per heavy atom. The van der Waals surface area contributed by atoms with Crippen molar-refractivity contribution in [3.63, 3.8) is 0 Å². The largest absolute Gasteiger partial charge is 0.345 e. The Labute approximate surface area is 144 Å². The predicted molar refractivity (Wildman–Crippen MR) is 96.1 cm³/mol. The van der Waals surface area contributed by atoms with Gasteiger partial charge in [0.25, 0.3) is 5.91 Å². The molecule has 0 aliphatic carbocycles. The Balaban J connectivity index is 1.84. The fourth-order valence-electron chi connectivity index (χ4n) is 2.53. The number of carbonyl (C=O) groups is 1. The number of hydrogen-bond donors (Lipinski definition) is 1. The van der Waals surface area contributed by atoms with Gasteiger partial charge in [0, 0.05) is 10.6 Å². The molecule has 0 fully saturated rings. The first kappa shape index (κ1) is 16.0. The Kier molecular flexibility index (Phi) is 4.64. The Hall–Kier alpha value is -1.91. The number of hydrogen-bond acceptors (Lipinski definition) is 3. The van der Waals surface area contributed by atoms with Gasteiger partial charge < -0.3 is 5.32 Å². The van der Waals surface area contributed by atoms with E-state index in [1.165, 1.54) is 11.3 Å². The summed E-state index contributed by atoms with van der Waals surface area (Å²) in [5.41, 5.74) is 4.42. The molecule has 5 heteroatoms. The van der Waals surface area contributed by atoms with E-state index in [4.69, 9.17) is 11.6 Å². The lowest BCUT2D eigenvalue weighted by atomic mass is 9.95. The average Bonchev–Trinajstić information content (AvgIpc) is 3.00. The van der Waals surface area contributed by atoms with Crippen LogP contribution in [-0.2, 0) is 0 Å². The molecular formula is C18H17ClN2OS. The quantitative estimate of drug-likeness (QED) is 0.717. The molecule has 0 saturated heterocycles. The summed E-state index contributed by atoms with van der Waals surface area (Å²) in [5, 5.41) is 3.82. The van der Waals surface area contributed by atoms with Gasteiger partial charge >= 0.3 is 0 Å². The minimum atomic E-state index is -0.0750. The van der Waals surface area contributed by atoms with Crippen LogP contribution in [0.3, 0.4) is 0 Å². The van der Waals surface area contributed by atoms with E-state index >= 15 is 0 Å². The Bertz CT molecular complexity index is 826. The maximum absolute atomic E-state index is 12.6. The van der Waals surface area contributed by atoms with Crippen LogP contribution in [0.2, 0.25) is 5.02 Å². The van der Waals surface area contributed by atoms with E-state index in [1.807, 2.05) is 42.5 Å². The summed E-state index contributed by atoms with van der Waals surface area (Å²) in [6.07, 6.45) is 0. The van der Waals surface area contributed by atoms with Crippen molar-refractivity contribution in [2.75, 3.05) is 0 Å². The smallest absolute Gasteiger partial charge is 0.251 e. The topological polar surface area (TPSA) is 42.0 Å². The van der Waals surface area contributed by atoms with Crippen molar-refractivity contribution in [1.29, 1.82) is 0 Å². The molecule has 1 N–H and O–H groups in total. The maximum atomic E-state index is 12.6. The van der Waals surface area contributed by atoms with E-state index in [0.29, 0.717) is 10.6 Å². The van der Waals surface area contributed by atoms with Gasteiger partial charge in [-0.25, -0.2) is 4.98 Å². The highest BCUT2D eigenvalue weighted by atomic mass is 35.5. The number of amides is 1. The van der Waals surface area contributed by atoms with Crippen LogP contribution in [0.4, 0.5) is 0 Å². The molecule has 23 heavy (non-hydrogen) atoms. The first-order chi connectivity index (χ1) is 11.0. The minimum absolute atomic E-state index is 0.0584. The third kappa shape index (κ3) is 3.54. The Morgan fingerprint density at radius 2 is 1.91 bits per heavy atom. The van der Waals surface area contributed by atoms with Gasteiger partial charge in [-0.05, 0) is 41.8 Å². The molecule has 0 radical (unpaired) electrons. The van der Waals surface area contributed by atoms with Crippen LogP contribution in [0.25, 0.3) is 10.2 Å². The van der Waals surface area contributed by atoms with Crippen LogP contribution in [0, 0.1) is 5.92 Å². The lowest BCUT2D eigenvalue weighted by Gasteiger charge is -2.23. The third-order valence-corrected chi connectivity index (χ3v) is 4.82. The van der Waals surface area contributed by atoms with Crippen LogP contribution in [-0.4, -0.2) is 10.9 Å². The number of nitrogens with zero attached hydrogens (tertiary/aromatic N) is 1. The van der Waals surface area contributed by atoms with E-state index in [1.54, 1.807) is 5.51 Å². The van der Waals surface area contributed by atoms with E-state index in [9.17, 15) is 4.79 Å². The number of fused-ring (bicyclic) bond motifs is 1. The zero-order valence-corrected chi connectivity index (χ0v) is 14.5. The molecule has 118 valence electrons. The standard InChI is InChI=1S/C18H17ClN2OS/c1-11(2)17(12-3-6-14(19)7-4-12)21-18(22)13-5-8-15-16(9-13)23-10-20-15/h3-11,17H,1-2H3,(H,21,22). The van der Waals surface area contributed by atoms with Gasteiger partial charge in [0.05, 0.1) is 21.8 Å². The lowest BCUT2D eigenvalue weighted by molar-refractivity contribution is 0.0926. The first-order valence-corrected chi connectivity index (χ1v) is 8.70. The van der Waals surface area contributed by atoms with Gasteiger partial charge in [-0.1, -0.05) is 37.6 Å². The molecule has 1 atom stereocenters. The van der Waals surface area contributed by atoms with Crippen molar-refractivity contribution >= 4 is 39.1 Å². The number of halogens is 1. The van der Waals surface area contributed by atoms with Crippen LogP contribution in [0.1, 0.15) is 35.8 Å². The Morgan fingerprint density at radius 1 is 1.17 bits per heavy atom. The van der Waals surface area contributed by atoms with E-state index in [2.05, 4.69) is 24.1 Å². The van der Waals surface area contributed by atoms with Gasteiger partial charge in [0.1, 0.15) is 0 Å². The van der Waals surface area contributed by atoms with Gasteiger partial charge in [0.15, 0.2) is 0 Å². The molecule has 2 aromatic carbocycles. The van der Waals surface area contributed by atoms with Crippen molar-refractivity contribution in [3.8, 4) is 0 Å². The summed E-state index contributed by atoms with van der Waals surface area (Å²) >= 11 is 7.49. The van der Waals surface area contributed by atoms with Crippen molar-refractivity contribution < 1.29 is 4.79 Å². The summed E-state index contributed by atoms with van der Waals surface area (Å²) in [5.74, 6) is 0.196. The SMILES string of the molecule is CC(C)C(NC(=O)c1ccc2ncsc2c1)c1ccc(Cl)cc1. The molecule has 3 rings (SSSR count). The third-order valence-electron chi connectivity index (χ3n) is 3.78. The fourth-order valence-corrected chi connectivity index (χ4v) is 3.37. The summed E-state index contributed by atoms with van der Waals surface area (Å²) < 4.78 is 1.02. The maximum Gasteiger partial charge on any atom is 0.251 e. The zero-order chi connectivity index (χ0) is 16.4. The molecule has 3 nitrogen and oxygen atoms in total. The van der Waals surface area contributed by atoms with Crippen LogP contribution in [0.5, 0.6) is 0 Å². The van der Waals surface area contributed by atoms with Crippen molar-refractivity contribution in [2.24, 2.45) is 5.92 Å². The van der Waals surface area contributed by atoms with Crippen LogP contribution < -0.4 is 5.32 Å². The summed E-state index contributed by atoms with van der Waals surface area (Å²) in [6.45, 7) is 4.18. The minimum Gasteiger partial charge on any atom is -0.345 e. The highest BCUT2D eigenvalue weighted by Crippen LogP contribution is 2.25. The van der Waals surface area contributed by atoms with Gasteiger partial charge in [-0.15, -0.1) is 11.3 Å². The van der Waals surface area contributed by atoms with Crippen LogP contribution in [0.15, 0.2) is 48.0 Å². The molecular weight excluding hydrogens is 328 g/mol. The average molecular weight is 345 g/mol. The number of thiazole rings is 1. The fraction of sp³-hybridized carbons (Fsp3) is 0.222. The van der Waals surface area contributed by atoms with E-state index < -0.39 is 0 Å². The van der Waals surface area contributed by atoms with Crippen molar-refractivity contribution in [3.05, 3.63) is 64.1 Å². The molecule has 1 unspecified atom stereocenters. The van der Waals surface area contributed by atoms with Crippen molar-refractivity contribution in [2.45, 2.75) is 19.9 Å². The summed E-state index contributed by atoms with van der Waals surface area (Å²) in [4.78, 5) is 16.9. The summed E-state index contributed by atoms with van der Waals surface area (Å²) in [7, 11) is 0. The molecule has 1 aromatic heterocycles. The second-order valence-corrected chi connectivity index (χ2v) is 7.10. The molecule has 0 saturated carbocycles. The predicted octanol–water partition coefficient (Wildman–Crippen LogP) is 5.08. The lowest BCUT2D eigenvalue weighted by Crippen LogP contribution is -2.31. The number of aromatic nitrogens is 1. The monoisotopic (exact) mass is 344 g/mol. The second kappa shape index (κ2) is 6.69. The van der Waals surface area contributed by atoms with Gasteiger partial charge in [0.2, 0.25) is 0 Å². The molecule has 0 bridgehead atoms. The molecule has 0 aliphatic heterocycles. The number of nitrogens with one attached hydrogen (secondary N) is 1. The van der Waals surface area contributed by atoms with Gasteiger partial charge in [-0.2, -0.15) is 0 Å². The molecule has 1 heterocycles. The molecule has 1 amide bonds. The van der Waals surface area contributed by atoms with E-state index in [0.717, 1.165) is 15.8 Å². The number of carbonyl (C=O) groups excluding carboxylic acids is 1. The zero-order valence-electron chi connectivity index (χ0n) is 12.9. The number of benzene rings is 2. The molecule has 3 aromatic rings. The number of rotatable bonds is 4. The first-order valence-electron chi connectivity index (χ1n) is 7.44. The van der Waals surface area contributed by atoms with E-state index in [-0.39, 0.29) is 17.9 Å². The van der Waals surface area contributed by atoms with Gasteiger partial charge in [-0.3, -0.25) is 4.79 Å². The van der Waals surface area contributed by atoms with Crippen LogP contribution >= 0.6 is 22.9 Å². The highest BCUT2D eigenvalue weighted by molar-refractivity contribution is 7.16. The van der Waals surface area contributed by atoms with Crippen molar-refractivity contribution in [1.82, 2.24) is 10.3 Å². The molecule has 0 aliphatic rings. The summed E-state index contributed by atoms with van der Waals surface area (Å²) in [6, 6.07) is 13.1. The molecule has 0 spiro atoms. The normalized spacial score (nSPS) is 12.5. The highest BCUT2D eigenvalue weighted by Gasteiger charge is 2.19.